The van der Waals surface area contributed by atoms with Crippen LogP contribution in [-0.2, 0) is 14.3 Å². The van der Waals surface area contributed by atoms with E-state index < -0.39 is 11.9 Å². The van der Waals surface area contributed by atoms with E-state index in [1.54, 1.807) is 37.3 Å². The molecule has 0 bridgehead atoms. The molecule has 23 heavy (non-hydrogen) atoms. The van der Waals surface area contributed by atoms with Crippen LogP contribution < -0.4 is 4.74 Å². The van der Waals surface area contributed by atoms with Gasteiger partial charge >= 0.3 is 11.9 Å². The van der Waals surface area contributed by atoms with Crippen LogP contribution in [0, 0.1) is 0 Å². The molecular weight excluding hydrogens is 296 g/mol. The van der Waals surface area contributed by atoms with Gasteiger partial charge in [0.1, 0.15) is 5.75 Å². The highest BCUT2D eigenvalue weighted by Crippen LogP contribution is 2.27. The Morgan fingerprint density at radius 2 is 1.83 bits per heavy atom. The summed E-state index contributed by atoms with van der Waals surface area (Å²) < 4.78 is 15.0. The van der Waals surface area contributed by atoms with E-state index in [1.807, 2.05) is 18.2 Å². The molecule has 5 heteroatoms. The maximum absolute atomic E-state index is 11.9. The maximum atomic E-state index is 11.9. The number of rotatable bonds is 6. The normalized spacial score (nSPS) is 10.0. The minimum absolute atomic E-state index is 0.157. The molecule has 0 aliphatic rings. The van der Waals surface area contributed by atoms with Crippen LogP contribution in [-0.4, -0.2) is 32.3 Å². The summed E-state index contributed by atoms with van der Waals surface area (Å²) in [5.74, 6) is -0.304. The molecule has 0 aliphatic carbocycles. The van der Waals surface area contributed by atoms with E-state index in [-0.39, 0.29) is 6.61 Å². The monoisotopic (exact) mass is 314 g/mol. The van der Waals surface area contributed by atoms with Crippen molar-refractivity contribution in [3.63, 3.8) is 0 Å². The molecule has 0 aliphatic heterocycles. The Kier molecular flexibility index (Phi) is 5.74. The number of carbonyl (C=O) groups is 2. The molecule has 2 rings (SSSR count). The molecule has 0 spiro atoms. The molecular formula is C18H18O5. The molecule has 0 saturated heterocycles. The minimum Gasteiger partial charge on any atom is -0.482 e. The largest absolute Gasteiger partial charge is 0.482 e. The summed E-state index contributed by atoms with van der Waals surface area (Å²) >= 11 is 0. The first-order chi connectivity index (χ1) is 11.2. The number of hydrogen-bond donors (Lipinski definition) is 0. The van der Waals surface area contributed by atoms with Crippen molar-refractivity contribution in [1.29, 1.82) is 0 Å². The van der Waals surface area contributed by atoms with Crippen LogP contribution in [0.5, 0.6) is 5.75 Å². The zero-order valence-electron chi connectivity index (χ0n) is 13.1. The Hall–Kier alpha value is -2.82. The molecule has 0 aromatic heterocycles. The van der Waals surface area contributed by atoms with Gasteiger partial charge in [-0.05, 0) is 36.2 Å². The molecule has 2 aromatic carbocycles. The van der Waals surface area contributed by atoms with Crippen LogP contribution in [0.3, 0.4) is 0 Å². The van der Waals surface area contributed by atoms with Crippen LogP contribution in [0.4, 0.5) is 0 Å². The third-order valence-electron chi connectivity index (χ3n) is 3.14. The predicted octanol–water partition coefficient (Wildman–Crippen LogP) is 3.08. The Balaban J connectivity index is 2.23. The Morgan fingerprint density at radius 3 is 2.57 bits per heavy atom. The first-order valence-electron chi connectivity index (χ1n) is 7.22. The third-order valence-corrected chi connectivity index (χ3v) is 3.14. The van der Waals surface area contributed by atoms with E-state index in [1.165, 1.54) is 7.11 Å². The maximum Gasteiger partial charge on any atom is 0.344 e. The Labute approximate surface area is 134 Å². The van der Waals surface area contributed by atoms with Crippen molar-refractivity contribution in [2.75, 3.05) is 20.3 Å². The lowest BCUT2D eigenvalue weighted by Gasteiger charge is -2.10. The highest BCUT2D eigenvalue weighted by Gasteiger charge is 2.13. The molecule has 0 saturated carbocycles. The summed E-state index contributed by atoms with van der Waals surface area (Å²) in [6.45, 7) is 1.90. The molecule has 0 radical (unpaired) electrons. The second-order valence-corrected chi connectivity index (χ2v) is 4.66. The van der Waals surface area contributed by atoms with Gasteiger partial charge in [-0.1, -0.05) is 30.3 Å². The first-order valence-corrected chi connectivity index (χ1v) is 7.22. The van der Waals surface area contributed by atoms with Crippen LogP contribution >= 0.6 is 0 Å². The van der Waals surface area contributed by atoms with Gasteiger partial charge in [0, 0.05) is 0 Å². The molecule has 0 N–H and O–H groups in total. The number of carbonyl (C=O) groups excluding carboxylic acids is 2. The van der Waals surface area contributed by atoms with E-state index in [0.29, 0.717) is 17.9 Å². The van der Waals surface area contributed by atoms with Crippen molar-refractivity contribution in [3.8, 4) is 16.9 Å². The zero-order chi connectivity index (χ0) is 16.7. The fraction of sp³-hybridized carbons (Fsp3) is 0.222. The summed E-state index contributed by atoms with van der Waals surface area (Å²) in [6.07, 6.45) is 0. The molecule has 0 unspecified atom stereocenters. The van der Waals surface area contributed by atoms with E-state index >= 15 is 0 Å². The Morgan fingerprint density at radius 1 is 1.04 bits per heavy atom. The average Bonchev–Trinajstić information content (AvgIpc) is 2.60. The van der Waals surface area contributed by atoms with Crippen LogP contribution in [0.2, 0.25) is 0 Å². The van der Waals surface area contributed by atoms with E-state index in [0.717, 1.165) is 11.1 Å². The molecule has 0 fully saturated rings. The SMILES string of the molecule is CCOC(=O)COc1cccc(-c2ccccc2C(=O)OC)c1. The van der Waals surface area contributed by atoms with E-state index in [2.05, 4.69) is 0 Å². The van der Waals surface area contributed by atoms with Gasteiger partial charge in [0.05, 0.1) is 19.3 Å². The smallest absolute Gasteiger partial charge is 0.344 e. The van der Waals surface area contributed by atoms with Gasteiger partial charge in [0.15, 0.2) is 6.61 Å². The molecule has 0 heterocycles. The quantitative estimate of drug-likeness (QED) is 0.767. The van der Waals surface area contributed by atoms with Crippen molar-refractivity contribution in [2.45, 2.75) is 6.92 Å². The fourth-order valence-corrected chi connectivity index (χ4v) is 2.12. The van der Waals surface area contributed by atoms with E-state index in [4.69, 9.17) is 14.2 Å². The second-order valence-electron chi connectivity index (χ2n) is 4.66. The van der Waals surface area contributed by atoms with Crippen molar-refractivity contribution in [1.82, 2.24) is 0 Å². The molecule has 0 amide bonds. The highest BCUT2D eigenvalue weighted by atomic mass is 16.6. The topological polar surface area (TPSA) is 61.8 Å². The van der Waals surface area contributed by atoms with Gasteiger partial charge in [-0.25, -0.2) is 9.59 Å². The zero-order valence-corrected chi connectivity index (χ0v) is 13.1. The highest BCUT2D eigenvalue weighted by molar-refractivity contribution is 5.97. The van der Waals surface area contributed by atoms with Crippen molar-refractivity contribution >= 4 is 11.9 Å². The summed E-state index contributed by atoms with van der Waals surface area (Å²) in [5, 5.41) is 0. The first kappa shape index (κ1) is 16.5. The van der Waals surface area contributed by atoms with Crippen molar-refractivity contribution < 1.29 is 23.8 Å². The van der Waals surface area contributed by atoms with Crippen LogP contribution in [0.15, 0.2) is 48.5 Å². The number of ether oxygens (including phenoxy) is 3. The van der Waals surface area contributed by atoms with Crippen LogP contribution in [0.25, 0.3) is 11.1 Å². The van der Waals surface area contributed by atoms with Gasteiger partial charge in [-0.2, -0.15) is 0 Å². The van der Waals surface area contributed by atoms with Gasteiger partial charge in [0.2, 0.25) is 0 Å². The van der Waals surface area contributed by atoms with Crippen LogP contribution in [0.1, 0.15) is 17.3 Å². The summed E-state index contributed by atoms with van der Waals surface area (Å²) in [4.78, 5) is 23.2. The average molecular weight is 314 g/mol. The minimum atomic E-state index is -0.423. The number of methoxy groups -OCH3 is 1. The summed E-state index contributed by atoms with van der Waals surface area (Å²) in [6, 6.07) is 14.3. The van der Waals surface area contributed by atoms with Crippen molar-refractivity contribution in [3.05, 3.63) is 54.1 Å². The lowest BCUT2D eigenvalue weighted by Crippen LogP contribution is -2.14. The fourth-order valence-electron chi connectivity index (χ4n) is 2.12. The molecule has 5 nitrogen and oxygen atoms in total. The standard InChI is InChI=1S/C18H18O5/c1-3-22-17(19)12-23-14-8-6-7-13(11-14)15-9-4-5-10-16(15)18(20)21-2/h4-11H,3,12H2,1-2H3. The molecule has 2 aromatic rings. The van der Waals surface area contributed by atoms with Crippen molar-refractivity contribution in [2.24, 2.45) is 0 Å². The summed E-state index contributed by atoms with van der Waals surface area (Å²) in [7, 11) is 1.35. The third kappa shape index (κ3) is 4.32. The number of hydrogen-bond acceptors (Lipinski definition) is 5. The lowest BCUT2D eigenvalue weighted by molar-refractivity contribution is -0.145. The number of esters is 2. The number of benzene rings is 2. The second kappa shape index (κ2) is 7.98. The van der Waals surface area contributed by atoms with E-state index in [9.17, 15) is 9.59 Å². The van der Waals surface area contributed by atoms with Gasteiger partial charge < -0.3 is 14.2 Å². The van der Waals surface area contributed by atoms with Gasteiger partial charge in [-0.15, -0.1) is 0 Å². The van der Waals surface area contributed by atoms with Gasteiger partial charge in [-0.3, -0.25) is 0 Å². The van der Waals surface area contributed by atoms with Gasteiger partial charge in [0.25, 0.3) is 0 Å². The summed E-state index contributed by atoms with van der Waals surface area (Å²) in [5.41, 5.74) is 2.01. The lowest BCUT2D eigenvalue weighted by atomic mass is 9.99. The Bertz CT molecular complexity index is 693. The molecule has 0 atom stereocenters. The molecule has 120 valence electrons. The predicted molar refractivity (Wildman–Crippen MR) is 85.3 cm³/mol.